The third-order valence-electron chi connectivity index (χ3n) is 18.5. The summed E-state index contributed by atoms with van der Waals surface area (Å²) in [5.41, 5.74) is 24.0. The van der Waals surface area contributed by atoms with Crippen LogP contribution < -0.4 is 26.2 Å². The Kier molecular flexibility index (Phi) is 10.7. The number of nitrogens with zero attached hydrogens (tertiary/aromatic N) is 2. The van der Waals surface area contributed by atoms with Crippen LogP contribution in [0.3, 0.4) is 0 Å². The molecule has 0 radical (unpaired) electrons. The number of hydrogen-bond donors (Lipinski definition) is 0. The van der Waals surface area contributed by atoms with Gasteiger partial charge in [0.25, 0.3) is 6.71 Å². The van der Waals surface area contributed by atoms with Gasteiger partial charge in [0, 0.05) is 50.3 Å². The van der Waals surface area contributed by atoms with Crippen LogP contribution in [-0.4, -0.2) is 6.71 Å². The highest BCUT2D eigenvalue weighted by Crippen LogP contribution is 2.55. The van der Waals surface area contributed by atoms with Crippen molar-refractivity contribution in [3.63, 3.8) is 0 Å². The third-order valence-corrected chi connectivity index (χ3v) is 18.5. The van der Waals surface area contributed by atoms with Gasteiger partial charge in [0.05, 0.1) is 0 Å². The molecule has 3 heteroatoms. The average Bonchev–Trinajstić information content (AvgIpc) is 3.23. The van der Waals surface area contributed by atoms with Crippen LogP contribution in [-0.2, 0) is 27.1 Å². The van der Waals surface area contributed by atoms with Gasteiger partial charge in [-0.15, -0.1) is 0 Å². The van der Waals surface area contributed by atoms with Gasteiger partial charge in [0.15, 0.2) is 0 Å². The molecule has 0 aromatic heterocycles. The van der Waals surface area contributed by atoms with Crippen molar-refractivity contribution in [2.24, 2.45) is 0 Å². The molecule has 0 bridgehead atoms. The summed E-state index contributed by atoms with van der Waals surface area (Å²) in [6, 6.07) is 74.0. The van der Waals surface area contributed by atoms with Crippen LogP contribution in [0.15, 0.2) is 188 Å². The topological polar surface area (TPSA) is 6.48 Å². The molecule has 0 saturated heterocycles. The van der Waals surface area contributed by atoms with Crippen molar-refractivity contribution in [3.8, 4) is 22.3 Å². The van der Waals surface area contributed by atoms with E-state index in [1.54, 1.807) is 0 Å². The van der Waals surface area contributed by atoms with Crippen molar-refractivity contribution < 1.29 is 0 Å². The lowest BCUT2D eigenvalue weighted by Gasteiger charge is -2.46. The predicted molar refractivity (Wildman–Crippen MR) is 348 cm³/mol. The summed E-state index contributed by atoms with van der Waals surface area (Å²) in [4.78, 5) is 5.45. The minimum absolute atomic E-state index is 0.0970. The smallest absolute Gasteiger partial charge is 0.252 e. The second kappa shape index (κ2) is 17.1. The first-order valence-electron chi connectivity index (χ1n) is 29.2. The van der Waals surface area contributed by atoms with E-state index in [9.17, 15) is 0 Å². The predicted octanol–water partition coefficient (Wildman–Crippen LogP) is 19.5. The Labute approximate surface area is 475 Å². The molecular weight excluding hydrogens is 964 g/mol. The highest BCUT2D eigenvalue weighted by Gasteiger charge is 2.46. The molecule has 0 amide bonds. The van der Waals surface area contributed by atoms with Gasteiger partial charge in [-0.25, -0.2) is 0 Å². The van der Waals surface area contributed by atoms with E-state index in [-0.39, 0.29) is 33.8 Å². The lowest BCUT2D eigenvalue weighted by molar-refractivity contribution is 0.568. The van der Waals surface area contributed by atoms with E-state index < -0.39 is 0 Å². The standard InChI is InChI=1S/C77H73BN2/c1-73(2,3)53-40-54(74(4,5)6)43-57(42-53)79-67-38-52(59-27-21-29-64-69(59)60-26-19-20-28-63(60)77(64,13)14)39-68-70(67)78(65-32-30-50-34-46-22-15-17-24-48(46)36-61(50)71(65)79)66-33-31-51-35-47-23-16-18-25-49(47)37-62(51)72(66)80(68)58-44-55(75(7,8)9)41-56(45-58)76(10,11)12/h15-45H,1-14H3. The molecule has 80 heavy (non-hydrogen) atoms. The van der Waals surface area contributed by atoms with Crippen molar-refractivity contribution in [2.75, 3.05) is 9.80 Å². The maximum absolute atomic E-state index is 2.72. The Balaban J connectivity index is 1.21. The Morgan fingerprint density at radius 3 is 1.18 bits per heavy atom. The Morgan fingerprint density at radius 2 is 0.738 bits per heavy atom. The van der Waals surface area contributed by atoms with Gasteiger partial charge < -0.3 is 9.80 Å². The number of hydrogen-bond acceptors (Lipinski definition) is 2. The second-order valence-electron chi connectivity index (χ2n) is 28.3. The zero-order chi connectivity index (χ0) is 55.7. The summed E-state index contributed by atoms with van der Waals surface area (Å²) < 4.78 is 0. The van der Waals surface area contributed by atoms with Gasteiger partial charge >= 0.3 is 0 Å². The molecule has 0 unspecified atom stereocenters. The molecule has 0 fully saturated rings. The Hall–Kier alpha value is -7.88. The molecule has 11 aromatic rings. The van der Waals surface area contributed by atoms with Gasteiger partial charge in [0.1, 0.15) is 0 Å². The SMILES string of the molecule is CC(C)(C)c1cc(N2c3cc(-c4cccc5c4-c4ccccc4C5(C)C)cc4c3B(c3ccc5cc6ccccc6cc5c32)c2ccc3cc5ccccc5cc3c2N4c2cc(C(C)(C)C)cc(C(C)(C)C)c2)cc(C(C)(C)C)c1. The fourth-order valence-electron chi connectivity index (χ4n) is 13.9. The van der Waals surface area contributed by atoms with Gasteiger partial charge in [0.2, 0.25) is 0 Å². The van der Waals surface area contributed by atoms with Crippen LogP contribution in [0.1, 0.15) is 130 Å². The average molecular weight is 1040 g/mol. The number of anilines is 6. The van der Waals surface area contributed by atoms with Crippen LogP contribution in [0.2, 0.25) is 0 Å². The molecule has 3 aliphatic rings. The van der Waals surface area contributed by atoms with Gasteiger partial charge in [-0.1, -0.05) is 224 Å². The number of fused-ring (bicyclic) bond motifs is 13. The molecule has 0 spiro atoms. The highest BCUT2D eigenvalue weighted by atomic mass is 15.2. The normalized spacial score (nSPS) is 14.7. The highest BCUT2D eigenvalue weighted by molar-refractivity contribution is 7.00. The maximum atomic E-state index is 2.72. The summed E-state index contributed by atoms with van der Waals surface area (Å²) >= 11 is 0. The first kappa shape index (κ1) is 50.4. The van der Waals surface area contributed by atoms with E-state index in [0.717, 1.165) is 0 Å². The number of benzene rings is 11. The van der Waals surface area contributed by atoms with Crippen LogP contribution in [0, 0.1) is 0 Å². The van der Waals surface area contributed by atoms with E-state index in [1.807, 2.05) is 0 Å². The first-order valence-corrected chi connectivity index (χ1v) is 29.2. The zero-order valence-electron chi connectivity index (χ0n) is 49.4. The summed E-state index contributed by atoms with van der Waals surface area (Å²) in [7, 11) is 0. The summed E-state index contributed by atoms with van der Waals surface area (Å²) in [6.07, 6.45) is 0. The van der Waals surface area contributed by atoms with Crippen molar-refractivity contribution in [1.29, 1.82) is 0 Å². The quantitative estimate of drug-likeness (QED) is 0.129. The van der Waals surface area contributed by atoms with Crippen molar-refractivity contribution in [1.82, 2.24) is 0 Å². The van der Waals surface area contributed by atoms with E-state index in [0.29, 0.717) is 0 Å². The molecule has 14 rings (SSSR count). The van der Waals surface area contributed by atoms with E-state index in [4.69, 9.17) is 0 Å². The zero-order valence-corrected chi connectivity index (χ0v) is 49.4. The minimum atomic E-state index is -0.164. The first-order chi connectivity index (χ1) is 37.9. The van der Waals surface area contributed by atoms with Gasteiger partial charge in [-0.3, -0.25) is 0 Å². The molecule has 2 nitrogen and oxygen atoms in total. The molecule has 1 aliphatic carbocycles. The van der Waals surface area contributed by atoms with Crippen molar-refractivity contribution in [3.05, 3.63) is 221 Å². The van der Waals surface area contributed by atoms with E-state index >= 15 is 0 Å². The molecule has 2 heterocycles. The fourth-order valence-corrected chi connectivity index (χ4v) is 13.9. The molecular formula is C77H73BN2. The van der Waals surface area contributed by atoms with Crippen LogP contribution in [0.4, 0.5) is 34.1 Å². The monoisotopic (exact) mass is 1040 g/mol. The lowest BCUT2D eigenvalue weighted by Crippen LogP contribution is -2.61. The van der Waals surface area contributed by atoms with Crippen LogP contribution in [0.5, 0.6) is 0 Å². The van der Waals surface area contributed by atoms with Crippen molar-refractivity contribution >= 4 is 100 Å². The molecule has 11 aromatic carbocycles. The Bertz CT molecular complexity index is 4150. The van der Waals surface area contributed by atoms with E-state index in [1.165, 1.54) is 149 Å². The summed E-state index contributed by atoms with van der Waals surface area (Å²) in [5.74, 6) is 0. The van der Waals surface area contributed by atoms with Crippen LogP contribution >= 0.6 is 0 Å². The minimum Gasteiger partial charge on any atom is -0.311 e. The van der Waals surface area contributed by atoms with Crippen molar-refractivity contribution in [2.45, 2.75) is 124 Å². The lowest BCUT2D eigenvalue weighted by atomic mass is 9.33. The Morgan fingerprint density at radius 1 is 0.350 bits per heavy atom. The number of rotatable bonds is 3. The molecule has 394 valence electrons. The van der Waals surface area contributed by atoms with Gasteiger partial charge in [-0.2, -0.15) is 0 Å². The van der Waals surface area contributed by atoms with Crippen LogP contribution in [0.25, 0.3) is 65.3 Å². The molecule has 0 atom stereocenters. The fraction of sp³-hybridized carbons (Fsp3) is 0.247. The maximum Gasteiger partial charge on any atom is 0.252 e. The molecule has 0 N–H and O–H groups in total. The third kappa shape index (κ3) is 7.66. The second-order valence-corrected chi connectivity index (χ2v) is 28.3. The largest absolute Gasteiger partial charge is 0.311 e. The van der Waals surface area contributed by atoms with E-state index in [2.05, 4.69) is 295 Å². The van der Waals surface area contributed by atoms with Gasteiger partial charge in [-0.05, 0) is 187 Å². The summed E-state index contributed by atoms with van der Waals surface area (Å²) in [6.45, 7) is 33.2. The molecule has 0 saturated carbocycles. The molecule has 2 aliphatic heterocycles. The summed E-state index contributed by atoms with van der Waals surface area (Å²) in [5, 5.41) is 10.0.